The Kier molecular flexibility index (Phi) is 2.95. The summed E-state index contributed by atoms with van der Waals surface area (Å²) >= 11 is 0. The van der Waals surface area contributed by atoms with E-state index in [-0.39, 0.29) is 5.56 Å². The van der Waals surface area contributed by atoms with Crippen molar-refractivity contribution in [1.82, 2.24) is 9.78 Å². The normalized spacial score (nSPS) is 10.7. The zero-order valence-corrected chi connectivity index (χ0v) is 11.0. The minimum Gasteiger partial charge on any atom is -0.478 e. The maximum atomic E-state index is 11.2. The van der Waals surface area contributed by atoms with Gasteiger partial charge in [-0.25, -0.2) is 4.79 Å². The third kappa shape index (κ3) is 1.90. The Morgan fingerprint density at radius 1 is 1.22 bits per heavy atom. The number of aryl methyl sites for hydroxylation is 4. The predicted octanol–water partition coefficient (Wildman–Crippen LogP) is 2.71. The van der Waals surface area contributed by atoms with Gasteiger partial charge in [0.25, 0.3) is 0 Å². The van der Waals surface area contributed by atoms with Crippen LogP contribution in [0.4, 0.5) is 0 Å². The van der Waals surface area contributed by atoms with E-state index < -0.39 is 5.97 Å². The highest BCUT2D eigenvalue weighted by atomic mass is 16.4. The lowest BCUT2D eigenvalue weighted by Crippen LogP contribution is -2.03. The monoisotopic (exact) mass is 244 g/mol. The number of hydrogen-bond donors (Lipinski definition) is 1. The van der Waals surface area contributed by atoms with E-state index in [0.717, 1.165) is 16.7 Å². The number of aromatic nitrogens is 2. The molecule has 2 aromatic rings. The smallest absolute Gasteiger partial charge is 0.339 e. The van der Waals surface area contributed by atoms with Gasteiger partial charge >= 0.3 is 5.97 Å². The summed E-state index contributed by atoms with van der Waals surface area (Å²) in [6.07, 6.45) is 1.40. The maximum absolute atomic E-state index is 11.2. The summed E-state index contributed by atoms with van der Waals surface area (Å²) in [6, 6.07) is 4.11. The molecule has 4 nitrogen and oxygen atoms in total. The van der Waals surface area contributed by atoms with E-state index in [9.17, 15) is 9.90 Å². The molecule has 1 aromatic heterocycles. The van der Waals surface area contributed by atoms with Crippen molar-refractivity contribution in [3.63, 3.8) is 0 Å². The zero-order valence-electron chi connectivity index (χ0n) is 11.0. The Labute approximate surface area is 106 Å². The third-order valence-electron chi connectivity index (χ3n) is 3.08. The summed E-state index contributed by atoms with van der Waals surface area (Å²) in [4.78, 5) is 11.2. The summed E-state index contributed by atoms with van der Waals surface area (Å²) in [5, 5.41) is 13.3. The first kappa shape index (κ1) is 12.4. The van der Waals surface area contributed by atoms with E-state index in [1.807, 2.05) is 20.8 Å². The number of carbonyl (C=O) groups is 1. The van der Waals surface area contributed by atoms with Crippen LogP contribution in [-0.4, -0.2) is 20.9 Å². The van der Waals surface area contributed by atoms with E-state index in [1.165, 1.54) is 11.8 Å². The Hall–Kier alpha value is -2.10. The molecule has 0 bridgehead atoms. The maximum Gasteiger partial charge on any atom is 0.339 e. The van der Waals surface area contributed by atoms with Crippen molar-refractivity contribution in [3.05, 3.63) is 40.6 Å². The molecule has 0 radical (unpaired) electrons. The van der Waals surface area contributed by atoms with Gasteiger partial charge in [0.2, 0.25) is 0 Å². The minimum absolute atomic E-state index is 0.243. The second-order valence-corrected chi connectivity index (χ2v) is 4.61. The van der Waals surface area contributed by atoms with Gasteiger partial charge in [0.15, 0.2) is 0 Å². The summed E-state index contributed by atoms with van der Waals surface area (Å²) in [5.41, 5.74) is 5.17. The Morgan fingerprint density at radius 2 is 1.78 bits per heavy atom. The van der Waals surface area contributed by atoms with E-state index >= 15 is 0 Å². The molecule has 0 aliphatic rings. The van der Waals surface area contributed by atoms with Gasteiger partial charge in [0.05, 0.1) is 11.9 Å². The van der Waals surface area contributed by atoms with E-state index in [2.05, 4.69) is 17.2 Å². The lowest BCUT2D eigenvalue weighted by molar-refractivity contribution is 0.0697. The lowest BCUT2D eigenvalue weighted by atomic mass is 9.95. The first-order chi connectivity index (χ1) is 8.41. The SMILES string of the molecule is Cc1cc(C)c(-c2c(C(=O)O)cnn2C)c(C)c1. The average Bonchev–Trinajstić information content (AvgIpc) is 2.59. The molecule has 1 heterocycles. The van der Waals surface area contributed by atoms with Crippen LogP contribution in [0.5, 0.6) is 0 Å². The molecule has 1 N–H and O–H groups in total. The molecule has 0 aliphatic heterocycles. The molecule has 0 unspecified atom stereocenters. The summed E-state index contributed by atoms with van der Waals surface area (Å²) in [5.74, 6) is -0.947. The third-order valence-corrected chi connectivity index (χ3v) is 3.08. The molecule has 0 spiro atoms. The van der Waals surface area contributed by atoms with Gasteiger partial charge in [-0.1, -0.05) is 17.7 Å². The molecule has 0 fully saturated rings. The minimum atomic E-state index is -0.947. The van der Waals surface area contributed by atoms with Crippen molar-refractivity contribution < 1.29 is 9.90 Å². The first-order valence-electron chi connectivity index (χ1n) is 5.75. The van der Waals surface area contributed by atoms with Gasteiger partial charge in [-0.15, -0.1) is 0 Å². The van der Waals surface area contributed by atoms with Crippen molar-refractivity contribution in [2.75, 3.05) is 0 Å². The van der Waals surface area contributed by atoms with Gasteiger partial charge in [-0.05, 0) is 31.9 Å². The van der Waals surface area contributed by atoms with Gasteiger partial charge in [0.1, 0.15) is 5.56 Å². The van der Waals surface area contributed by atoms with Crippen LogP contribution in [0, 0.1) is 20.8 Å². The largest absolute Gasteiger partial charge is 0.478 e. The molecule has 4 heteroatoms. The van der Waals surface area contributed by atoms with Crippen LogP contribution in [0.2, 0.25) is 0 Å². The Balaban J connectivity index is 2.77. The fraction of sp³-hybridized carbons (Fsp3) is 0.286. The molecular formula is C14H16N2O2. The topological polar surface area (TPSA) is 55.1 Å². The van der Waals surface area contributed by atoms with Crippen molar-refractivity contribution in [2.24, 2.45) is 7.05 Å². The Bertz CT molecular complexity index is 604. The van der Waals surface area contributed by atoms with Crippen molar-refractivity contribution in [2.45, 2.75) is 20.8 Å². The molecule has 2 rings (SSSR count). The van der Waals surface area contributed by atoms with Crippen LogP contribution in [0.15, 0.2) is 18.3 Å². The zero-order chi connectivity index (χ0) is 13.4. The fourth-order valence-electron chi connectivity index (χ4n) is 2.44. The van der Waals surface area contributed by atoms with Crippen LogP contribution in [0.3, 0.4) is 0 Å². The number of carboxylic acids is 1. The van der Waals surface area contributed by atoms with E-state index in [1.54, 1.807) is 11.7 Å². The van der Waals surface area contributed by atoms with Gasteiger partial charge < -0.3 is 5.11 Å². The highest BCUT2D eigenvalue weighted by Crippen LogP contribution is 2.30. The van der Waals surface area contributed by atoms with Gasteiger partial charge in [-0.3, -0.25) is 4.68 Å². The number of hydrogen-bond acceptors (Lipinski definition) is 2. The first-order valence-corrected chi connectivity index (χ1v) is 5.75. The lowest BCUT2D eigenvalue weighted by Gasteiger charge is -2.12. The predicted molar refractivity (Wildman–Crippen MR) is 69.8 cm³/mol. The molecule has 0 saturated carbocycles. The number of aromatic carboxylic acids is 1. The van der Waals surface area contributed by atoms with Crippen LogP contribution >= 0.6 is 0 Å². The van der Waals surface area contributed by atoms with Gasteiger partial charge in [0, 0.05) is 12.6 Å². The van der Waals surface area contributed by atoms with Crippen LogP contribution in [0.1, 0.15) is 27.0 Å². The summed E-state index contributed by atoms with van der Waals surface area (Å²) in [7, 11) is 1.76. The molecule has 0 aliphatic carbocycles. The molecule has 0 amide bonds. The van der Waals surface area contributed by atoms with E-state index in [0.29, 0.717) is 5.69 Å². The van der Waals surface area contributed by atoms with E-state index in [4.69, 9.17) is 0 Å². The van der Waals surface area contributed by atoms with Crippen molar-refractivity contribution in [1.29, 1.82) is 0 Å². The van der Waals surface area contributed by atoms with Crippen LogP contribution in [-0.2, 0) is 7.05 Å². The quantitative estimate of drug-likeness (QED) is 0.883. The van der Waals surface area contributed by atoms with Crippen LogP contribution < -0.4 is 0 Å². The molecule has 0 atom stereocenters. The Morgan fingerprint density at radius 3 is 2.28 bits per heavy atom. The second-order valence-electron chi connectivity index (χ2n) is 4.61. The van der Waals surface area contributed by atoms with Gasteiger partial charge in [-0.2, -0.15) is 5.10 Å². The molecule has 0 saturated heterocycles. The molecule has 18 heavy (non-hydrogen) atoms. The summed E-state index contributed by atoms with van der Waals surface area (Å²) in [6.45, 7) is 6.02. The number of rotatable bonds is 2. The van der Waals surface area contributed by atoms with Crippen molar-refractivity contribution in [3.8, 4) is 11.3 Å². The summed E-state index contributed by atoms with van der Waals surface area (Å²) < 4.78 is 1.62. The van der Waals surface area contributed by atoms with Crippen molar-refractivity contribution >= 4 is 5.97 Å². The highest BCUT2D eigenvalue weighted by molar-refractivity contribution is 5.95. The molecular weight excluding hydrogens is 228 g/mol. The standard InChI is InChI=1S/C14H16N2O2/c1-8-5-9(2)12(10(3)6-8)13-11(14(17)18)7-15-16(13)4/h5-7H,1-4H3,(H,17,18). The number of carboxylic acid groups (broad SMARTS) is 1. The number of nitrogens with zero attached hydrogens (tertiary/aromatic N) is 2. The molecule has 1 aromatic carbocycles. The fourth-order valence-corrected chi connectivity index (χ4v) is 2.44. The second kappa shape index (κ2) is 4.29. The highest BCUT2D eigenvalue weighted by Gasteiger charge is 2.19. The molecule has 94 valence electrons. The average molecular weight is 244 g/mol. The van der Waals surface area contributed by atoms with Crippen LogP contribution in [0.25, 0.3) is 11.3 Å². The number of benzene rings is 1.